The van der Waals surface area contributed by atoms with Crippen molar-refractivity contribution in [2.24, 2.45) is 0 Å². The van der Waals surface area contributed by atoms with Gasteiger partial charge >= 0.3 is 0 Å². The lowest BCUT2D eigenvalue weighted by atomic mass is 10.1. The summed E-state index contributed by atoms with van der Waals surface area (Å²) in [6, 6.07) is 8.49. The Labute approximate surface area is 125 Å². The second-order valence-corrected chi connectivity index (χ2v) is 5.46. The van der Waals surface area contributed by atoms with Crippen molar-refractivity contribution in [2.45, 2.75) is 40.3 Å². The second-order valence-electron chi connectivity index (χ2n) is 5.46. The van der Waals surface area contributed by atoms with E-state index in [0.29, 0.717) is 24.2 Å². The summed E-state index contributed by atoms with van der Waals surface area (Å²) in [5.74, 6) is 0.670. The molecule has 0 atom stereocenters. The summed E-state index contributed by atoms with van der Waals surface area (Å²) in [4.78, 5) is 4.45. The minimum absolute atomic E-state index is 0.321. The average molecular weight is 288 g/mol. The van der Waals surface area contributed by atoms with Gasteiger partial charge in [-0.25, -0.2) is 9.37 Å². The third-order valence-electron chi connectivity index (χ3n) is 3.14. The molecule has 4 heteroatoms. The van der Waals surface area contributed by atoms with Gasteiger partial charge in [-0.1, -0.05) is 19.9 Å². The number of rotatable bonds is 5. The van der Waals surface area contributed by atoms with Crippen LogP contribution >= 0.6 is 0 Å². The van der Waals surface area contributed by atoms with Gasteiger partial charge in [0.15, 0.2) is 0 Å². The molecule has 0 bridgehead atoms. The summed E-state index contributed by atoms with van der Waals surface area (Å²) in [7, 11) is 0. The van der Waals surface area contributed by atoms with Gasteiger partial charge in [0.2, 0.25) is 5.88 Å². The van der Waals surface area contributed by atoms with E-state index in [1.165, 1.54) is 12.1 Å². The molecule has 1 heterocycles. The number of nitrogens with one attached hydrogen (secondary N) is 1. The van der Waals surface area contributed by atoms with E-state index in [1.54, 1.807) is 12.1 Å². The van der Waals surface area contributed by atoms with Crippen LogP contribution in [0.3, 0.4) is 0 Å². The van der Waals surface area contributed by atoms with Crippen LogP contribution in [0.4, 0.5) is 4.39 Å². The zero-order valence-corrected chi connectivity index (χ0v) is 12.9. The van der Waals surface area contributed by atoms with E-state index < -0.39 is 0 Å². The topological polar surface area (TPSA) is 34.1 Å². The Balaban J connectivity index is 2.32. The molecule has 0 spiro atoms. The first-order valence-corrected chi connectivity index (χ1v) is 7.09. The molecule has 1 aromatic heterocycles. The fourth-order valence-electron chi connectivity index (χ4n) is 2.08. The molecule has 1 N–H and O–H groups in total. The van der Waals surface area contributed by atoms with Crippen LogP contribution in [0.25, 0.3) is 0 Å². The molecule has 112 valence electrons. The zero-order valence-electron chi connectivity index (χ0n) is 12.9. The summed E-state index contributed by atoms with van der Waals surface area (Å²) < 4.78 is 19.1. The Morgan fingerprint density at radius 2 is 2.00 bits per heavy atom. The average Bonchev–Trinajstić information content (AvgIpc) is 2.37. The molecule has 0 radical (unpaired) electrons. The van der Waals surface area contributed by atoms with Crippen molar-refractivity contribution in [3.8, 4) is 11.6 Å². The van der Waals surface area contributed by atoms with Crippen molar-refractivity contribution in [1.29, 1.82) is 0 Å². The third-order valence-corrected chi connectivity index (χ3v) is 3.14. The smallest absolute Gasteiger partial charge is 0.224 e. The van der Waals surface area contributed by atoms with Gasteiger partial charge in [-0.05, 0) is 37.6 Å². The first-order chi connectivity index (χ1) is 9.95. The molecule has 21 heavy (non-hydrogen) atoms. The number of benzene rings is 1. The Bertz CT molecular complexity index is 626. The van der Waals surface area contributed by atoms with Crippen molar-refractivity contribution in [3.05, 3.63) is 53.0 Å². The van der Waals surface area contributed by atoms with Crippen LogP contribution in [0.1, 0.15) is 30.7 Å². The number of nitrogens with zero attached hydrogens (tertiary/aromatic N) is 1. The lowest BCUT2D eigenvalue weighted by Crippen LogP contribution is -2.23. The van der Waals surface area contributed by atoms with Gasteiger partial charge in [0.1, 0.15) is 11.6 Å². The molecule has 2 aromatic rings. The lowest BCUT2D eigenvalue weighted by molar-refractivity contribution is 0.444. The van der Waals surface area contributed by atoms with Crippen LogP contribution in [-0.4, -0.2) is 11.0 Å². The maximum absolute atomic E-state index is 13.3. The number of hydrogen-bond donors (Lipinski definition) is 1. The Morgan fingerprint density at radius 3 is 2.67 bits per heavy atom. The predicted octanol–water partition coefficient (Wildman–Crippen LogP) is 4.13. The number of aromatic nitrogens is 1. The standard InChI is InChI=1S/C17H21FN2O/c1-11(2)19-10-16-12(3)8-13(4)20-17(16)21-15-7-5-6-14(18)9-15/h5-9,11,19H,10H2,1-4H3. The molecule has 0 saturated heterocycles. The summed E-state index contributed by atoms with van der Waals surface area (Å²) >= 11 is 0. The SMILES string of the molecule is Cc1cc(C)c(CNC(C)C)c(Oc2cccc(F)c2)n1. The van der Waals surface area contributed by atoms with Crippen LogP contribution in [0.15, 0.2) is 30.3 Å². The van der Waals surface area contributed by atoms with Gasteiger partial charge < -0.3 is 10.1 Å². The highest BCUT2D eigenvalue weighted by Crippen LogP contribution is 2.26. The molecular formula is C17H21FN2O. The quantitative estimate of drug-likeness (QED) is 0.898. The predicted molar refractivity (Wildman–Crippen MR) is 82.2 cm³/mol. The highest BCUT2D eigenvalue weighted by Gasteiger charge is 2.12. The molecule has 0 saturated carbocycles. The van der Waals surface area contributed by atoms with Crippen LogP contribution in [0.5, 0.6) is 11.6 Å². The maximum Gasteiger partial charge on any atom is 0.224 e. The number of hydrogen-bond acceptors (Lipinski definition) is 3. The van der Waals surface area contributed by atoms with Crippen molar-refractivity contribution in [1.82, 2.24) is 10.3 Å². The first-order valence-electron chi connectivity index (χ1n) is 7.09. The summed E-state index contributed by atoms with van der Waals surface area (Å²) in [6.07, 6.45) is 0. The van der Waals surface area contributed by atoms with Crippen LogP contribution < -0.4 is 10.1 Å². The molecule has 0 amide bonds. The fraction of sp³-hybridized carbons (Fsp3) is 0.353. The minimum Gasteiger partial charge on any atom is -0.439 e. The van der Waals surface area contributed by atoms with Crippen molar-refractivity contribution < 1.29 is 9.13 Å². The van der Waals surface area contributed by atoms with Gasteiger partial charge in [0, 0.05) is 29.9 Å². The Morgan fingerprint density at radius 1 is 1.24 bits per heavy atom. The van der Waals surface area contributed by atoms with Crippen molar-refractivity contribution in [2.75, 3.05) is 0 Å². The molecule has 0 aliphatic carbocycles. The fourth-order valence-corrected chi connectivity index (χ4v) is 2.08. The van der Waals surface area contributed by atoms with E-state index in [2.05, 4.69) is 24.1 Å². The van der Waals surface area contributed by atoms with Crippen LogP contribution in [-0.2, 0) is 6.54 Å². The second kappa shape index (κ2) is 6.68. The van der Waals surface area contributed by atoms with E-state index in [1.807, 2.05) is 19.9 Å². The Kier molecular flexibility index (Phi) is 4.91. The molecular weight excluding hydrogens is 267 g/mol. The van der Waals surface area contributed by atoms with Gasteiger partial charge in [-0.15, -0.1) is 0 Å². The lowest BCUT2D eigenvalue weighted by Gasteiger charge is -2.15. The molecule has 0 unspecified atom stereocenters. The third kappa shape index (κ3) is 4.26. The Hall–Kier alpha value is -1.94. The highest BCUT2D eigenvalue weighted by molar-refractivity contribution is 5.39. The van der Waals surface area contributed by atoms with Gasteiger partial charge in [0.05, 0.1) is 0 Å². The molecule has 1 aromatic carbocycles. The summed E-state index contributed by atoms with van der Waals surface area (Å²) in [5, 5.41) is 3.37. The van der Waals surface area contributed by atoms with Crippen molar-refractivity contribution in [3.63, 3.8) is 0 Å². The molecule has 0 aliphatic heterocycles. The maximum atomic E-state index is 13.3. The highest BCUT2D eigenvalue weighted by atomic mass is 19.1. The molecule has 3 nitrogen and oxygen atoms in total. The first kappa shape index (κ1) is 15.4. The van der Waals surface area contributed by atoms with Gasteiger partial charge in [-0.3, -0.25) is 0 Å². The number of pyridine rings is 1. The van der Waals surface area contributed by atoms with Crippen LogP contribution in [0.2, 0.25) is 0 Å². The van der Waals surface area contributed by atoms with E-state index in [4.69, 9.17) is 4.74 Å². The minimum atomic E-state index is -0.321. The van der Waals surface area contributed by atoms with E-state index in [9.17, 15) is 4.39 Å². The molecule has 0 aliphatic rings. The number of halogens is 1. The number of ether oxygens (including phenoxy) is 1. The summed E-state index contributed by atoms with van der Waals surface area (Å²) in [5.41, 5.74) is 2.99. The van der Waals surface area contributed by atoms with E-state index >= 15 is 0 Å². The normalized spacial score (nSPS) is 11.0. The zero-order chi connectivity index (χ0) is 15.4. The number of aryl methyl sites for hydroxylation is 2. The van der Waals surface area contributed by atoms with Gasteiger partial charge in [-0.2, -0.15) is 0 Å². The van der Waals surface area contributed by atoms with Crippen LogP contribution in [0, 0.1) is 19.7 Å². The van der Waals surface area contributed by atoms with E-state index in [0.717, 1.165) is 16.8 Å². The van der Waals surface area contributed by atoms with Crippen molar-refractivity contribution >= 4 is 0 Å². The monoisotopic (exact) mass is 288 g/mol. The van der Waals surface area contributed by atoms with Gasteiger partial charge in [0.25, 0.3) is 0 Å². The van der Waals surface area contributed by atoms with E-state index in [-0.39, 0.29) is 5.82 Å². The largest absolute Gasteiger partial charge is 0.439 e. The summed E-state index contributed by atoms with van der Waals surface area (Å²) in [6.45, 7) is 8.80. The molecule has 2 rings (SSSR count). The molecule has 0 fully saturated rings.